The molecule has 0 radical (unpaired) electrons. The van der Waals surface area contributed by atoms with Gasteiger partial charge in [0.05, 0.1) is 11.1 Å². The van der Waals surface area contributed by atoms with Crippen LogP contribution in [0.4, 0.5) is 0 Å². The molecule has 1 aromatic carbocycles. The Labute approximate surface area is 147 Å². The van der Waals surface area contributed by atoms with Crippen molar-refractivity contribution < 1.29 is 14.3 Å². The van der Waals surface area contributed by atoms with Gasteiger partial charge in [-0.3, -0.25) is 9.78 Å². The average molecular weight is 340 g/mol. The summed E-state index contributed by atoms with van der Waals surface area (Å²) in [7, 11) is 0. The quantitative estimate of drug-likeness (QED) is 0.850. The third kappa shape index (κ3) is 3.65. The van der Waals surface area contributed by atoms with E-state index < -0.39 is 5.97 Å². The van der Waals surface area contributed by atoms with Crippen LogP contribution in [-0.2, 0) is 22.4 Å². The van der Waals surface area contributed by atoms with Crippen LogP contribution in [0.1, 0.15) is 48.8 Å². The molecule has 0 fully saturated rings. The summed E-state index contributed by atoms with van der Waals surface area (Å²) in [5.74, 6) is -0.388. The van der Waals surface area contributed by atoms with E-state index >= 15 is 0 Å². The molecule has 1 aliphatic rings. The molecule has 0 spiro atoms. The lowest BCUT2D eigenvalue weighted by molar-refractivity contribution is -0.125. The van der Waals surface area contributed by atoms with Gasteiger partial charge < -0.3 is 10.1 Å². The van der Waals surface area contributed by atoms with Crippen molar-refractivity contribution in [2.24, 2.45) is 5.92 Å². The SMILES string of the molecule is CC(C)C(C)NC(=O)COC(=O)c1c2c(nc3ccccc13)CCC2. The first-order chi connectivity index (χ1) is 12.0. The molecule has 1 aliphatic carbocycles. The van der Waals surface area contributed by atoms with E-state index in [1.54, 1.807) is 0 Å². The maximum Gasteiger partial charge on any atom is 0.339 e. The number of esters is 1. The zero-order chi connectivity index (χ0) is 18.0. The van der Waals surface area contributed by atoms with Crippen LogP contribution < -0.4 is 5.32 Å². The van der Waals surface area contributed by atoms with E-state index in [0.29, 0.717) is 11.5 Å². The molecule has 1 atom stereocenters. The summed E-state index contributed by atoms with van der Waals surface area (Å²) in [6.07, 6.45) is 2.70. The van der Waals surface area contributed by atoms with E-state index in [9.17, 15) is 9.59 Å². The van der Waals surface area contributed by atoms with Gasteiger partial charge in [0.2, 0.25) is 0 Å². The van der Waals surface area contributed by atoms with Gasteiger partial charge in [-0.25, -0.2) is 4.79 Å². The van der Waals surface area contributed by atoms with E-state index in [-0.39, 0.29) is 18.6 Å². The predicted octanol–water partition coefficient (Wildman–Crippen LogP) is 3.04. The molecule has 132 valence electrons. The molecule has 5 nitrogen and oxygen atoms in total. The third-order valence-electron chi connectivity index (χ3n) is 4.85. The minimum Gasteiger partial charge on any atom is -0.452 e. The lowest BCUT2D eigenvalue weighted by Gasteiger charge is -2.17. The molecule has 1 amide bonds. The number of pyridine rings is 1. The molecular formula is C20H24N2O3. The van der Waals surface area contributed by atoms with E-state index in [1.165, 1.54) is 0 Å². The molecule has 0 saturated carbocycles. The third-order valence-corrected chi connectivity index (χ3v) is 4.85. The van der Waals surface area contributed by atoms with E-state index in [2.05, 4.69) is 10.3 Å². The number of ether oxygens (including phenoxy) is 1. The van der Waals surface area contributed by atoms with Crippen molar-refractivity contribution in [3.63, 3.8) is 0 Å². The van der Waals surface area contributed by atoms with Gasteiger partial charge in [0, 0.05) is 17.1 Å². The van der Waals surface area contributed by atoms with Crippen molar-refractivity contribution in [3.8, 4) is 0 Å². The number of amides is 1. The highest BCUT2D eigenvalue weighted by Crippen LogP contribution is 2.30. The van der Waals surface area contributed by atoms with Gasteiger partial charge >= 0.3 is 5.97 Å². The maximum absolute atomic E-state index is 12.7. The second-order valence-corrected chi connectivity index (χ2v) is 6.96. The van der Waals surface area contributed by atoms with Crippen LogP contribution in [0, 0.1) is 5.92 Å². The number of para-hydroxylation sites is 1. The minimum atomic E-state index is -0.441. The van der Waals surface area contributed by atoms with Gasteiger partial charge in [0.25, 0.3) is 5.91 Å². The van der Waals surface area contributed by atoms with Gasteiger partial charge in [-0.05, 0) is 43.7 Å². The first kappa shape index (κ1) is 17.4. The maximum atomic E-state index is 12.7. The first-order valence-corrected chi connectivity index (χ1v) is 8.84. The van der Waals surface area contributed by atoms with Gasteiger partial charge in [0.15, 0.2) is 6.61 Å². The van der Waals surface area contributed by atoms with Crippen molar-refractivity contribution in [1.29, 1.82) is 0 Å². The molecular weight excluding hydrogens is 316 g/mol. The number of nitrogens with zero attached hydrogens (tertiary/aromatic N) is 1. The lowest BCUT2D eigenvalue weighted by atomic mass is 10.0. The molecule has 0 aliphatic heterocycles. The first-order valence-electron chi connectivity index (χ1n) is 8.84. The summed E-state index contributed by atoms with van der Waals surface area (Å²) in [5.41, 5.74) is 3.32. The average Bonchev–Trinajstić information content (AvgIpc) is 3.05. The largest absolute Gasteiger partial charge is 0.452 e. The van der Waals surface area contributed by atoms with Gasteiger partial charge in [0.1, 0.15) is 0 Å². The van der Waals surface area contributed by atoms with E-state index in [0.717, 1.165) is 41.4 Å². The molecule has 1 aromatic heterocycles. The Kier molecular flexibility index (Phi) is 5.02. The Morgan fingerprint density at radius 1 is 1.20 bits per heavy atom. The standard InChI is InChI=1S/C20H24N2O3/c1-12(2)13(3)21-18(23)11-25-20(24)19-14-7-4-5-9-16(14)22-17-10-6-8-15(17)19/h4-5,7,9,12-13H,6,8,10-11H2,1-3H3,(H,21,23). The number of hydrogen-bond acceptors (Lipinski definition) is 4. The number of aryl methyl sites for hydroxylation is 1. The summed E-state index contributed by atoms with van der Waals surface area (Å²) in [4.78, 5) is 29.4. The molecule has 2 aromatic rings. The fraction of sp³-hybridized carbons (Fsp3) is 0.450. The fourth-order valence-electron chi connectivity index (χ4n) is 3.11. The highest BCUT2D eigenvalue weighted by Gasteiger charge is 2.25. The molecule has 1 unspecified atom stereocenters. The van der Waals surface area contributed by atoms with Crippen LogP contribution in [-0.4, -0.2) is 29.5 Å². The topological polar surface area (TPSA) is 68.3 Å². The number of benzene rings is 1. The van der Waals surface area contributed by atoms with Crippen molar-refractivity contribution in [2.45, 2.75) is 46.1 Å². The van der Waals surface area contributed by atoms with Crippen LogP contribution in [0.5, 0.6) is 0 Å². The fourth-order valence-corrected chi connectivity index (χ4v) is 3.11. The summed E-state index contributed by atoms with van der Waals surface area (Å²) in [6.45, 7) is 5.74. The minimum absolute atomic E-state index is 0.0391. The van der Waals surface area contributed by atoms with Crippen LogP contribution in [0.25, 0.3) is 10.9 Å². The second kappa shape index (κ2) is 7.21. The van der Waals surface area contributed by atoms with Crippen molar-refractivity contribution in [3.05, 3.63) is 41.1 Å². The molecule has 1 heterocycles. The van der Waals surface area contributed by atoms with E-state index in [1.807, 2.05) is 45.0 Å². The van der Waals surface area contributed by atoms with Gasteiger partial charge in [-0.2, -0.15) is 0 Å². The Morgan fingerprint density at radius 2 is 1.96 bits per heavy atom. The number of fused-ring (bicyclic) bond motifs is 2. The zero-order valence-electron chi connectivity index (χ0n) is 15.0. The normalized spacial score (nSPS) is 14.4. The summed E-state index contributed by atoms with van der Waals surface area (Å²) in [6, 6.07) is 7.63. The number of carbonyl (C=O) groups is 2. The Hall–Kier alpha value is -2.43. The Bertz CT molecular complexity index is 814. The number of aromatic nitrogens is 1. The Balaban J connectivity index is 1.80. The van der Waals surface area contributed by atoms with Crippen LogP contribution in [0.2, 0.25) is 0 Å². The second-order valence-electron chi connectivity index (χ2n) is 6.96. The van der Waals surface area contributed by atoms with Crippen molar-refractivity contribution in [1.82, 2.24) is 10.3 Å². The number of rotatable bonds is 5. The summed E-state index contributed by atoms with van der Waals surface area (Å²) >= 11 is 0. The monoisotopic (exact) mass is 340 g/mol. The smallest absolute Gasteiger partial charge is 0.339 e. The van der Waals surface area contributed by atoms with Crippen molar-refractivity contribution in [2.75, 3.05) is 6.61 Å². The number of carbonyl (C=O) groups excluding carboxylic acids is 2. The highest BCUT2D eigenvalue weighted by atomic mass is 16.5. The number of hydrogen-bond donors (Lipinski definition) is 1. The van der Waals surface area contributed by atoms with E-state index in [4.69, 9.17) is 4.74 Å². The molecule has 1 N–H and O–H groups in total. The molecule has 0 saturated heterocycles. The lowest BCUT2D eigenvalue weighted by Crippen LogP contribution is -2.38. The molecule has 5 heteroatoms. The summed E-state index contributed by atoms with van der Waals surface area (Å²) < 4.78 is 5.33. The highest BCUT2D eigenvalue weighted by molar-refractivity contribution is 6.05. The molecule has 25 heavy (non-hydrogen) atoms. The van der Waals surface area contributed by atoms with Crippen LogP contribution in [0.3, 0.4) is 0 Å². The van der Waals surface area contributed by atoms with Crippen LogP contribution in [0.15, 0.2) is 24.3 Å². The number of nitrogens with one attached hydrogen (secondary N) is 1. The molecule has 3 rings (SSSR count). The van der Waals surface area contributed by atoms with Crippen molar-refractivity contribution >= 4 is 22.8 Å². The molecule has 0 bridgehead atoms. The van der Waals surface area contributed by atoms with Gasteiger partial charge in [-0.1, -0.05) is 32.0 Å². The van der Waals surface area contributed by atoms with Crippen LogP contribution >= 0.6 is 0 Å². The summed E-state index contributed by atoms with van der Waals surface area (Å²) in [5, 5.41) is 3.64. The van der Waals surface area contributed by atoms with Gasteiger partial charge in [-0.15, -0.1) is 0 Å². The Morgan fingerprint density at radius 3 is 2.72 bits per heavy atom. The predicted molar refractivity (Wildman–Crippen MR) is 96.5 cm³/mol. The zero-order valence-corrected chi connectivity index (χ0v) is 15.0.